The summed E-state index contributed by atoms with van der Waals surface area (Å²) < 4.78 is 7.11. The minimum absolute atomic E-state index is 0.640. The predicted octanol–water partition coefficient (Wildman–Crippen LogP) is 26.6. The van der Waals surface area contributed by atoms with Crippen molar-refractivity contribution in [3.8, 4) is 129 Å². The topological polar surface area (TPSA) is 40.6 Å². The summed E-state index contributed by atoms with van der Waals surface area (Å²) in [6, 6.07) is 124. The summed E-state index contributed by atoms with van der Waals surface area (Å²) in [5.74, 6) is 0.640. The Hall–Kier alpha value is -12.6. The number of hydrogen-bond donors (Lipinski definition) is 0. The maximum Gasteiger partial charge on any atom is 0.236 e. The van der Waals surface area contributed by atoms with Gasteiger partial charge in [0.25, 0.3) is 0 Å². The standard InChI is InChI=1S/C94H59N5S3/c1-3-13-60(14-4-1)62-27-33-69(34-28-62)76-54-77(58-79(57-76)98-89-21-11-8-18-81(89)84-48-51-101-92(84)98)71-35-29-65(30-36-71)63-23-25-64(26-24-63)67-39-43-72(44-40-67)86-59-87(96-94(95-86)99-90-22-12-9-19-82(90)85-49-52-102-93(85)99)73-45-41-68(42-46-73)66-31-37-70(38-32-66)75-53-74(61-15-5-2-6-16-61)55-78(56-75)97-88-20-10-7-17-80(88)83-47-50-100-91(83)97/h1-59H. The van der Waals surface area contributed by atoms with Crippen molar-refractivity contribution in [2.45, 2.75) is 0 Å². The third-order valence-electron chi connectivity index (χ3n) is 20.2. The highest BCUT2D eigenvalue weighted by Crippen LogP contribution is 2.43. The molecule has 478 valence electrons. The summed E-state index contributed by atoms with van der Waals surface area (Å²) >= 11 is 5.30. The zero-order valence-corrected chi connectivity index (χ0v) is 57.5. The van der Waals surface area contributed by atoms with Gasteiger partial charge in [0.1, 0.15) is 14.5 Å². The van der Waals surface area contributed by atoms with Gasteiger partial charge in [-0.05, 0) is 184 Å². The Kier molecular flexibility index (Phi) is 14.4. The molecule has 20 rings (SSSR count). The van der Waals surface area contributed by atoms with Gasteiger partial charge in [-0.25, -0.2) is 9.97 Å². The zero-order chi connectivity index (χ0) is 67.2. The van der Waals surface area contributed by atoms with Crippen LogP contribution in [0.15, 0.2) is 356 Å². The maximum atomic E-state index is 5.41. The third kappa shape index (κ3) is 10.4. The smallest absolute Gasteiger partial charge is 0.236 e. The molecule has 5 nitrogen and oxygen atoms in total. The van der Waals surface area contributed by atoms with Crippen LogP contribution in [0.3, 0.4) is 0 Å². The SMILES string of the molecule is c1ccc(-c2ccc(-c3cc(-c4ccc(-c5ccc(-c6ccc(-c7cc(-c8ccc(-c9ccc(-c%10cc(-c%11ccccc%11)cc(-n%11c%12ccccc%12c%12ccsc%12%11)c%10)cc9)cc8)nc(-n8c9ccccc9c9ccsc98)n7)cc6)cc5)cc4)cc(-n4c5ccccc5c5ccsc54)c3)cc2)cc1. The van der Waals surface area contributed by atoms with Crippen molar-refractivity contribution in [1.29, 1.82) is 0 Å². The molecule has 0 bridgehead atoms. The first-order chi connectivity index (χ1) is 50.5. The van der Waals surface area contributed by atoms with Crippen molar-refractivity contribution in [1.82, 2.24) is 23.7 Å². The first kappa shape index (κ1) is 59.5. The Labute approximate surface area is 601 Å². The number of aromatic nitrogens is 5. The fourth-order valence-corrected chi connectivity index (χ4v) is 17.9. The summed E-state index contributed by atoms with van der Waals surface area (Å²) in [6.07, 6.45) is 0. The fourth-order valence-electron chi connectivity index (χ4n) is 15.1. The van der Waals surface area contributed by atoms with Gasteiger partial charge in [0.05, 0.1) is 27.9 Å². The van der Waals surface area contributed by atoms with Crippen molar-refractivity contribution in [2.24, 2.45) is 0 Å². The second kappa shape index (κ2) is 24.7. The summed E-state index contributed by atoms with van der Waals surface area (Å²) in [4.78, 5) is 14.5. The number of para-hydroxylation sites is 3. The van der Waals surface area contributed by atoms with E-state index in [4.69, 9.17) is 9.97 Å². The highest BCUT2D eigenvalue weighted by molar-refractivity contribution is 7.17. The number of fused-ring (bicyclic) bond motifs is 9. The number of thiophene rings is 3. The molecule has 0 spiro atoms. The van der Waals surface area contributed by atoms with Crippen molar-refractivity contribution in [3.05, 3.63) is 356 Å². The maximum absolute atomic E-state index is 5.41. The van der Waals surface area contributed by atoms with E-state index >= 15 is 0 Å². The van der Waals surface area contributed by atoms with Gasteiger partial charge in [0.15, 0.2) is 0 Å². The molecule has 0 atom stereocenters. The largest absolute Gasteiger partial charge is 0.301 e. The summed E-state index contributed by atoms with van der Waals surface area (Å²) in [7, 11) is 0. The lowest BCUT2D eigenvalue weighted by molar-refractivity contribution is 1.00. The summed E-state index contributed by atoms with van der Waals surface area (Å²) in [5, 5.41) is 14.1. The molecule has 0 radical (unpaired) electrons. The van der Waals surface area contributed by atoms with Crippen LogP contribution in [0.4, 0.5) is 0 Å². The molecule has 8 heteroatoms. The highest BCUT2D eigenvalue weighted by Gasteiger charge is 2.21. The van der Waals surface area contributed by atoms with Crippen molar-refractivity contribution in [2.75, 3.05) is 0 Å². The van der Waals surface area contributed by atoms with Crippen LogP contribution in [0.5, 0.6) is 0 Å². The minimum atomic E-state index is 0.640. The van der Waals surface area contributed by atoms with Gasteiger partial charge in [-0.1, -0.05) is 261 Å². The lowest BCUT2D eigenvalue weighted by Gasteiger charge is -2.14. The van der Waals surface area contributed by atoms with Gasteiger partial charge in [-0.15, -0.1) is 34.0 Å². The number of benzene rings is 13. The Morgan fingerprint density at radius 2 is 0.431 bits per heavy atom. The minimum Gasteiger partial charge on any atom is -0.301 e. The molecule has 0 N–H and O–H groups in total. The first-order valence-corrected chi connectivity index (χ1v) is 37.0. The van der Waals surface area contributed by atoms with Crippen LogP contribution in [-0.4, -0.2) is 23.7 Å². The van der Waals surface area contributed by atoms with Crippen LogP contribution in [0, 0.1) is 0 Å². The Bertz CT molecular complexity index is 6550. The van der Waals surface area contributed by atoms with E-state index in [0.29, 0.717) is 5.95 Å². The number of nitrogens with zero attached hydrogens (tertiary/aromatic N) is 5. The van der Waals surface area contributed by atoms with Gasteiger partial charge >= 0.3 is 0 Å². The molecule has 0 saturated heterocycles. The van der Waals surface area contributed by atoms with E-state index in [1.165, 1.54) is 97.5 Å². The molecular formula is C94H59N5S3. The molecular weight excluding hydrogens is 1300 g/mol. The van der Waals surface area contributed by atoms with E-state index in [2.05, 4.69) is 370 Å². The van der Waals surface area contributed by atoms with Gasteiger partial charge in [0.2, 0.25) is 5.95 Å². The van der Waals surface area contributed by atoms with Crippen LogP contribution in [0.2, 0.25) is 0 Å². The third-order valence-corrected chi connectivity index (χ3v) is 22.9. The lowest BCUT2D eigenvalue weighted by Crippen LogP contribution is -2.03. The van der Waals surface area contributed by atoms with Gasteiger partial charge in [-0.3, -0.25) is 4.57 Å². The quantitative estimate of drug-likeness (QED) is 0.115. The fraction of sp³-hybridized carbons (Fsp3) is 0. The van der Waals surface area contributed by atoms with E-state index in [-0.39, 0.29) is 0 Å². The van der Waals surface area contributed by atoms with E-state index in [0.717, 1.165) is 88.7 Å². The first-order valence-electron chi connectivity index (χ1n) is 34.4. The van der Waals surface area contributed by atoms with Crippen molar-refractivity contribution < 1.29 is 0 Å². The van der Waals surface area contributed by atoms with Gasteiger partial charge in [0, 0.05) is 54.8 Å². The van der Waals surface area contributed by atoms with E-state index in [9.17, 15) is 0 Å². The van der Waals surface area contributed by atoms with E-state index in [1.54, 1.807) is 34.0 Å². The highest BCUT2D eigenvalue weighted by atomic mass is 32.1. The zero-order valence-electron chi connectivity index (χ0n) is 55.0. The van der Waals surface area contributed by atoms with Crippen LogP contribution in [0.25, 0.3) is 192 Å². The molecule has 0 aliphatic rings. The Morgan fingerprint density at radius 3 is 0.755 bits per heavy atom. The molecule has 7 heterocycles. The molecule has 13 aromatic carbocycles. The molecule has 0 saturated carbocycles. The van der Waals surface area contributed by atoms with Gasteiger partial charge in [-0.2, -0.15) is 0 Å². The Morgan fingerprint density at radius 1 is 0.186 bits per heavy atom. The molecule has 0 amide bonds. The van der Waals surface area contributed by atoms with E-state index in [1.807, 2.05) is 0 Å². The molecule has 20 aromatic rings. The second-order valence-electron chi connectivity index (χ2n) is 26.1. The average Bonchev–Trinajstić information content (AvgIpc) is 1.58. The van der Waals surface area contributed by atoms with E-state index < -0.39 is 0 Å². The van der Waals surface area contributed by atoms with Crippen LogP contribution >= 0.6 is 34.0 Å². The van der Waals surface area contributed by atoms with Crippen LogP contribution in [0.1, 0.15) is 0 Å². The summed E-state index contributed by atoms with van der Waals surface area (Å²) in [6.45, 7) is 0. The predicted molar refractivity (Wildman–Crippen MR) is 433 cm³/mol. The molecule has 102 heavy (non-hydrogen) atoms. The molecule has 0 unspecified atom stereocenters. The van der Waals surface area contributed by atoms with Crippen LogP contribution < -0.4 is 0 Å². The lowest BCUT2D eigenvalue weighted by atomic mass is 9.94. The number of rotatable bonds is 13. The summed E-state index contributed by atoms with van der Waals surface area (Å²) in [5.41, 5.74) is 28.2. The Balaban J connectivity index is 0.593. The van der Waals surface area contributed by atoms with Crippen molar-refractivity contribution >= 4 is 97.4 Å². The van der Waals surface area contributed by atoms with Crippen molar-refractivity contribution in [3.63, 3.8) is 0 Å². The number of hydrogen-bond acceptors (Lipinski definition) is 5. The normalized spacial score (nSPS) is 11.7. The molecule has 7 aromatic heterocycles. The average molecular weight is 1350 g/mol. The van der Waals surface area contributed by atoms with Crippen LogP contribution in [-0.2, 0) is 0 Å². The molecule has 0 fully saturated rings. The molecule has 0 aliphatic carbocycles. The monoisotopic (exact) mass is 1350 g/mol. The molecule has 0 aliphatic heterocycles. The van der Waals surface area contributed by atoms with Gasteiger partial charge < -0.3 is 9.13 Å². The second-order valence-corrected chi connectivity index (χ2v) is 28.8.